The highest BCUT2D eigenvalue weighted by molar-refractivity contribution is 6.62. The van der Waals surface area contributed by atoms with E-state index in [9.17, 15) is 9.59 Å². The normalized spacial score (nSPS) is 21.4. The number of morpholine rings is 2. The van der Waals surface area contributed by atoms with Gasteiger partial charge in [-0.2, -0.15) is 5.10 Å². The highest BCUT2D eigenvalue weighted by Gasteiger charge is 2.51. The van der Waals surface area contributed by atoms with E-state index < -0.39 is 0 Å². The molecular formula is C51H71BN12O6. The smallest absolute Gasteiger partial charge is 0.399 e. The Morgan fingerprint density at radius 1 is 0.629 bits per heavy atom. The highest BCUT2D eigenvalue weighted by atomic mass is 16.7. The number of nitrogens with zero attached hydrogens (tertiary/aromatic N) is 8. The number of urea groups is 2. The molecule has 0 spiro atoms. The monoisotopic (exact) mass is 959 g/mol. The van der Waals surface area contributed by atoms with Gasteiger partial charge < -0.3 is 49.8 Å². The topological polar surface area (TPSA) is 186 Å². The minimum absolute atomic E-state index is 0. The number of ether oxygens (including phenoxy) is 2. The van der Waals surface area contributed by atoms with Crippen molar-refractivity contribution in [1.82, 2.24) is 39.8 Å². The third-order valence-electron chi connectivity index (χ3n) is 13.3. The predicted molar refractivity (Wildman–Crippen MR) is 277 cm³/mol. The van der Waals surface area contributed by atoms with Crippen LogP contribution in [0.5, 0.6) is 0 Å². The van der Waals surface area contributed by atoms with Crippen LogP contribution in [0.2, 0.25) is 0 Å². The van der Waals surface area contributed by atoms with Crippen LogP contribution >= 0.6 is 0 Å². The summed E-state index contributed by atoms with van der Waals surface area (Å²) in [5.41, 5.74) is 4.69. The van der Waals surface area contributed by atoms with Crippen LogP contribution in [0.25, 0.3) is 22.4 Å². The number of anilines is 4. The van der Waals surface area contributed by atoms with Crippen LogP contribution in [0.4, 0.5) is 32.6 Å². The number of fused-ring (bicyclic) bond motifs is 6. The zero-order chi connectivity index (χ0) is 47.6. The number of aromatic nitrogens is 6. The maximum Gasteiger partial charge on any atom is 0.494 e. The molecule has 18 nitrogen and oxygen atoms in total. The Kier molecular flexibility index (Phi) is 16.1. The van der Waals surface area contributed by atoms with Crippen LogP contribution in [0.1, 0.15) is 87.9 Å². The van der Waals surface area contributed by atoms with Crippen LogP contribution in [-0.2, 0) is 18.8 Å². The van der Waals surface area contributed by atoms with E-state index in [1.54, 1.807) is 0 Å². The predicted octanol–water partition coefficient (Wildman–Crippen LogP) is 7.71. The van der Waals surface area contributed by atoms with E-state index in [1.165, 1.54) is 12.8 Å². The van der Waals surface area contributed by atoms with Gasteiger partial charge in [0.1, 0.15) is 16.9 Å². The molecule has 0 radical (unpaired) electrons. The first-order valence-corrected chi connectivity index (χ1v) is 23.9. The zero-order valence-electron chi connectivity index (χ0n) is 40.1. The van der Waals surface area contributed by atoms with Crippen LogP contribution in [0.3, 0.4) is 0 Å². The molecule has 0 aliphatic carbocycles. The molecule has 4 N–H and O–H groups in total. The van der Waals surface area contributed by atoms with Gasteiger partial charge in [-0.3, -0.25) is 0 Å². The van der Waals surface area contributed by atoms with E-state index >= 15 is 0 Å². The lowest BCUT2D eigenvalue weighted by molar-refractivity contribution is 0.00578. The average molecular weight is 959 g/mol. The van der Waals surface area contributed by atoms with E-state index in [0.717, 1.165) is 89.9 Å². The van der Waals surface area contributed by atoms with E-state index in [4.69, 9.17) is 23.8 Å². The number of hydrogen-bond donors (Lipinski definition) is 4. The number of carbonyl (C=O) groups is 2. The number of amides is 4. The van der Waals surface area contributed by atoms with Crippen LogP contribution in [0, 0.1) is 6.92 Å². The minimum atomic E-state index is -0.381. The second-order valence-electron chi connectivity index (χ2n) is 18.9. The van der Waals surface area contributed by atoms with Gasteiger partial charge in [-0.15, -0.1) is 5.10 Å². The maximum atomic E-state index is 11.7. The van der Waals surface area contributed by atoms with Gasteiger partial charge in [0.15, 0.2) is 17.5 Å². The summed E-state index contributed by atoms with van der Waals surface area (Å²) >= 11 is 0. The number of nitrogens with one attached hydrogen (secondary N) is 4. The van der Waals surface area contributed by atoms with E-state index in [0.29, 0.717) is 43.3 Å². The lowest BCUT2D eigenvalue weighted by Gasteiger charge is -2.33. The molecule has 5 aliphatic rings. The van der Waals surface area contributed by atoms with Crippen molar-refractivity contribution < 1.29 is 28.4 Å². The van der Waals surface area contributed by atoms with Crippen LogP contribution in [-0.4, -0.2) is 123 Å². The molecule has 11 rings (SSSR count). The molecule has 374 valence electrons. The van der Waals surface area contributed by atoms with Gasteiger partial charge >= 0.3 is 19.2 Å². The second-order valence-corrected chi connectivity index (χ2v) is 18.9. The van der Waals surface area contributed by atoms with Crippen molar-refractivity contribution in [2.75, 3.05) is 59.7 Å². The fraction of sp³-hybridized carbons (Fsp3) is 0.490. The molecule has 4 bridgehead atoms. The van der Waals surface area contributed by atoms with Gasteiger partial charge in [-0.25, -0.2) is 28.6 Å². The van der Waals surface area contributed by atoms with Crippen molar-refractivity contribution >= 4 is 58.7 Å². The van der Waals surface area contributed by atoms with E-state index in [1.807, 2.05) is 131 Å². The third-order valence-corrected chi connectivity index (χ3v) is 13.3. The fourth-order valence-corrected chi connectivity index (χ4v) is 9.18. The fourth-order valence-electron chi connectivity index (χ4n) is 9.18. The molecule has 6 aromatic rings. The molecule has 70 heavy (non-hydrogen) atoms. The second kappa shape index (κ2) is 21.8. The van der Waals surface area contributed by atoms with Crippen molar-refractivity contribution in [3.05, 3.63) is 91.0 Å². The molecule has 4 aromatic heterocycles. The molecule has 19 heteroatoms. The van der Waals surface area contributed by atoms with E-state index in [2.05, 4.69) is 58.4 Å². The van der Waals surface area contributed by atoms with Crippen LogP contribution < -0.4 is 36.5 Å². The van der Waals surface area contributed by atoms with E-state index in [-0.39, 0.29) is 45.2 Å². The Bertz CT molecular complexity index is 2670. The molecule has 5 saturated heterocycles. The van der Waals surface area contributed by atoms with Crippen molar-refractivity contribution in [2.45, 2.75) is 125 Å². The summed E-state index contributed by atoms with van der Waals surface area (Å²) < 4.78 is 27.6. The molecule has 5 fully saturated rings. The van der Waals surface area contributed by atoms with Gasteiger partial charge in [0.2, 0.25) is 0 Å². The van der Waals surface area contributed by atoms with Crippen molar-refractivity contribution in [2.24, 2.45) is 0 Å². The SMILES string of the molecule is C.C.CCNC(=O)Nc1ccc(-c2nc(N3C[C@H]4CC[C@@H](C3)O4)c3cccn3n2)cc1.CCNC(=O)Nc1ccc(B2OC(C)(C)C(C)(C)O2)cc1.Cc1nc(N2C[C@H]3CC[C@@H](C2)O3)c2cccn2n1. The largest absolute Gasteiger partial charge is 0.494 e. The Hall–Kier alpha value is -6.28. The van der Waals surface area contributed by atoms with Crippen molar-refractivity contribution in [3.8, 4) is 11.4 Å². The summed E-state index contributed by atoms with van der Waals surface area (Å²) in [6, 6.07) is 22.8. The summed E-state index contributed by atoms with van der Waals surface area (Å²) in [7, 11) is -0.381. The average Bonchev–Trinajstić information content (AvgIpc) is 4.16. The first kappa shape index (κ1) is 51.6. The van der Waals surface area contributed by atoms with Gasteiger partial charge in [-0.1, -0.05) is 27.0 Å². The standard InChI is InChI=1S/C21H24N6O2.C15H23BN2O3.C13H16N4O.2CH4/c1-2-22-21(28)23-15-7-5-14(6-8-15)19-24-20(18-4-3-11-27(18)25-19)26-12-16-9-10-17(13-26)29-16;1-6-17-13(19)18-12-9-7-11(8-10-12)16-20-14(2,3)15(4,5)21-16;1-9-14-13(12-3-2-6-17(12)15-9)16-7-10-4-5-11(8-16)18-10;;/h3-8,11,16-17H,2,9-10,12-13H2,1H3,(H2,22,23,28);7-10H,6H2,1-5H3,(H2,17,18,19);2-3,6,10-11H,4-5,7-8H2,1H3;2*1H4/t16-,17+;;10-,11+;;. The number of rotatable bonds is 8. The summed E-state index contributed by atoms with van der Waals surface area (Å²) in [5.74, 6) is 3.47. The molecule has 4 atom stereocenters. The Labute approximate surface area is 412 Å². The first-order valence-electron chi connectivity index (χ1n) is 23.9. The Morgan fingerprint density at radius 3 is 1.51 bits per heavy atom. The maximum absolute atomic E-state index is 11.7. The molecule has 9 heterocycles. The van der Waals surface area contributed by atoms with Crippen LogP contribution in [0.15, 0.2) is 85.2 Å². The molecule has 2 aromatic carbocycles. The Morgan fingerprint density at radius 2 is 1.06 bits per heavy atom. The summed E-state index contributed by atoms with van der Waals surface area (Å²) in [6.45, 7) is 18.6. The van der Waals surface area contributed by atoms with Gasteiger partial charge in [0.25, 0.3) is 0 Å². The summed E-state index contributed by atoms with van der Waals surface area (Å²) in [4.78, 5) is 37.4. The number of carbonyl (C=O) groups excluding carboxylic acids is 2. The molecule has 4 amide bonds. The van der Waals surface area contributed by atoms with Crippen molar-refractivity contribution in [1.29, 1.82) is 0 Å². The lowest BCUT2D eigenvalue weighted by atomic mass is 9.79. The summed E-state index contributed by atoms with van der Waals surface area (Å²) in [5, 5.41) is 20.1. The molecule has 0 saturated carbocycles. The van der Waals surface area contributed by atoms with Gasteiger partial charge in [0, 0.05) is 68.6 Å². The first-order chi connectivity index (χ1) is 32.7. The zero-order valence-corrected chi connectivity index (χ0v) is 40.1. The molecular weight excluding hydrogens is 887 g/mol. The van der Waals surface area contributed by atoms with Gasteiger partial charge in [0.05, 0.1) is 35.6 Å². The molecule has 5 aliphatic heterocycles. The minimum Gasteiger partial charge on any atom is -0.399 e. The van der Waals surface area contributed by atoms with Crippen molar-refractivity contribution in [3.63, 3.8) is 0 Å². The highest BCUT2D eigenvalue weighted by Crippen LogP contribution is 2.37. The Balaban J connectivity index is 0.000000157. The lowest BCUT2D eigenvalue weighted by Crippen LogP contribution is -2.43. The number of benzene rings is 2. The summed E-state index contributed by atoms with van der Waals surface area (Å²) in [6.07, 6.45) is 9.89. The quantitative estimate of drug-likeness (QED) is 0.109. The molecule has 0 unspecified atom stereocenters. The number of aryl methyl sites for hydroxylation is 1. The van der Waals surface area contributed by atoms with Gasteiger partial charge in [-0.05, 0) is 140 Å². The third kappa shape index (κ3) is 11.5. The number of hydrogen-bond acceptors (Lipinski definition) is 12.